The van der Waals surface area contributed by atoms with Gasteiger partial charge in [-0.25, -0.2) is 0 Å². The summed E-state index contributed by atoms with van der Waals surface area (Å²) < 4.78 is 0. The van der Waals surface area contributed by atoms with E-state index in [1.165, 1.54) is 54.6 Å². The quantitative estimate of drug-likeness (QED) is 0.241. The molecule has 0 saturated carbocycles. The molecule has 1 heteroatoms. The number of nitrogens with zero attached hydrogens (tertiary/aromatic N) is 1. The molecule has 0 atom stereocenters. The van der Waals surface area contributed by atoms with E-state index in [1.54, 1.807) is 0 Å². The van der Waals surface area contributed by atoms with Crippen molar-refractivity contribution in [3.05, 3.63) is 140 Å². The van der Waals surface area contributed by atoms with Gasteiger partial charge in [0.2, 0.25) is 0 Å². The second-order valence-electron chi connectivity index (χ2n) is 9.17. The van der Waals surface area contributed by atoms with Crippen molar-refractivity contribution in [2.24, 2.45) is 0 Å². The summed E-state index contributed by atoms with van der Waals surface area (Å²) >= 11 is 0. The van der Waals surface area contributed by atoms with Crippen molar-refractivity contribution in [1.82, 2.24) is 4.98 Å². The van der Waals surface area contributed by atoms with Crippen LogP contribution in [0, 0.1) is 0 Å². The zero-order valence-electron chi connectivity index (χ0n) is 19.7. The molecule has 7 aromatic rings. The van der Waals surface area contributed by atoms with Crippen molar-refractivity contribution in [3.63, 3.8) is 0 Å². The summed E-state index contributed by atoms with van der Waals surface area (Å²) in [5.41, 5.74) is 7.14. The van der Waals surface area contributed by atoms with Gasteiger partial charge in [-0.15, -0.1) is 0 Å². The Morgan fingerprint density at radius 1 is 0.361 bits per heavy atom. The average Bonchev–Trinajstić information content (AvgIpc) is 2.96. The lowest BCUT2D eigenvalue weighted by Gasteiger charge is -2.18. The molecular formula is C35H23N. The summed E-state index contributed by atoms with van der Waals surface area (Å²) in [6, 6.07) is 47.7. The number of rotatable bonds is 3. The Hall–Kier alpha value is -4.75. The summed E-state index contributed by atoms with van der Waals surface area (Å²) in [5, 5.41) is 7.40. The van der Waals surface area contributed by atoms with E-state index in [2.05, 4.69) is 133 Å². The summed E-state index contributed by atoms with van der Waals surface area (Å²) in [6.07, 6.45) is 1.91. The van der Waals surface area contributed by atoms with E-state index in [-0.39, 0.29) is 0 Å². The number of benzene rings is 6. The van der Waals surface area contributed by atoms with Crippen LogP contribution in [-0.2, 0) is 0 Å². The van der Waals surface area contributed by atoms with Crippen molar-refractivity contribution >= 4 is 32.3 Å². The molecule has 0 aliphatic rings. The lowest BCUT2D eigenvalue weighted by Crippen LogP contribution is -1.92. The first-order chi connectivity index (χ1) is 17.9. The number of hydrogen-bond acceptors (Lipinski definition) is 1. The Morgan fingerprint density at radius 2 is 0.889 bits per heavy atom. The highest BCUT2D eigenvalue weighted by Crippen LogP contribution is 2.44. The van der Waals surface area contributed by atoms with E-state index >= 15 is 0 Å². The van der Waals surface area contributed by atoms with Crippen molar-refractivity contribution in [2.75, 3.05) is 0 Å². The van der Waals surface area contributed by atoms with E-state index in [0.717, 1.165) is 11.3 Å². The van der Waals surface area contributed by atoms with Gasteiger partial charge in [0.15, 0.2) is 0 Å². The first-order valence-corrected chi connectivity index (χ1v) is 12.3. The molecule has 0 amide bonds. The molecule has 7 rings (SSSR count). The van der Waals surface area contributed by atoms with Crippen LogP contribution >= 0.6 is 0 Å². The van der Waals surface area contributed by atoms with Crippen molar-refractivity contribution in [1.29, 1.82) is 0 Å². The van der Waals surface area contributed by atoms with Gasteiger partial charge >= 0.3 is 0 Å². The summed E-state index contributed by atoms with van der Waals surface area (Å²) in [7, 11) is 0. The molecule has 0 radical (unpaired) electrons. The summed E-state index contributed by atoms with van der Waals surface area (Å²) in [4.78, 5) is 4.83. The fourth-order valence-corrected chi connectivity index (χ4v) is 5.51. The van der Waals surface area contributed by atoms with Crippen LogP contribution in [0.15, 0.2) is 140 Å². The Balaban J connectivity index is 1.64. The van der Waals surface area contributed by atoms with Gasteiger partial charge in [-0.1, -0.05) is 121 Å². The third-order valence-electron chi connectivity index (χ3n) is 7.10. The zero-order valence-corrected chi connectivity index (χ0v) is 19.7. The maximum Gasteiger partial charge on any atom is 0.0780 e. The second kappa shape index (κ2) is 8.48. The largest absolute Gasteiger partial charge is 0.256 e. The minimum absolute atomic E-state index is 1.02. The zero-order chi connectivity index (χ0) is 23.9. The minimum atomic E-state index is 1.02. The SMILES string of the molecule is c1ccc(-c2c3ccccc3c(-c3ccccc3)c3cc(-c4nccc5ccccc45)ccc23)cc1. The van der Waals surface area contributed by atoms with Crippen molar-refractivity contribution < 1.29 is 0 Å². The van der Waals surface area contributed by atoms with E-state index in [1.807, 2.05) is 6.20 Å². The molecule has 1 aromatic heterocycles. The molecule has 0 fully saturated rings. The Morgan fingerprint density at radius 3 is 1.56 bits per heavy atom. The molecule has 0 N–H and O–H groups in total. The highest BCUT2D eigenvalue weighted by molar-refractivity contribution is 6.22. The molecule has 36 heavy (non-hydrogen) atoms. The second-order valence-corrected chi connectivity index (χ2v) is 9.17. The predicted octanol–water partition coefficient (Wildman–Crippen LogP) is 9.54. The minimum Gasteiger partial charge on any atom is -0.256 e. The van der Waals surface area contributed by atoms with Crippen LogP contribution in [0.2, 0.25) is 0 Å². The van der Waals surface area contributed by atoms with Crippen LogP contribution in [0.1, 0.15) is 0 Å². The average molecular weight is 458 g/mol. The maximum atomic E-state index is 4.83. The van der Waals surface area contributed by atoms with Gasteiger partial charge in [0.25, 0.3) is 0 Å². The maximum absolute atomic E-state index is 4.83. The van der Waals surface area contributed by atoms with E-state index in [4.69, 9.17) is 4.98 Å². The number of hydrogen-bond donors (Lipinski definition) is 0. The molecule has 0 bridgehead atoms. The highest BCUT2D eigenvalue weighted by atomic mass is 14.7. The van der Waals surface area contributed by atoms with E-state index in [0.29, 0.717) is 0 Å². The number of fused-ring (bicyclic) bond motifs is 3. The lowest BCUT2D eigenvalue weighted by atomic mass is 9.85. The monoisotopic (exact) mass is 457 g/mol. The lowest BCUT2D eigenvalue weighted by molar-refractivity contribution is 1.36. The fraction of sp³-hybridized carbons (Fsp3) is 0. The Kier molecular flexibility index (Phi) is 4.85. The molecule has 1 nitrogen and oxygen atoms in total. The molecular weight excluding hydrogens is 434 g/mol. The van der Waals surface area contributed by atoms with Crippen molar-refractivity contribution in [2.45, 2.75) is 0 Å². The topological polar surface area (TPSA) is 12.9 Å². The van der Waals surface area contributed by atoms with Gasteiger partial charge in [0, 0.05) is 17.1 Å². The first kappa shape index (κ1) is 20.6. The van der Waals surface area contributed by atoms with E-state index < -0.39 is 0 Å². The first-order valence-electron chi connectivity index (χ1n) is 12.3. The summed E-state index contributed by atoms with van der Waals surface area (Å²) in [6.45, 7) is 0. The fourth-order valence-electron chi connectivity index (χ4n) is 5.51. The number of aromatic nitrogens is 1. The van der Waals surface area contributed by atoms with E-state index in [9.17, 15) is 0 Å². The summed E-state index contributed by atoms with van der Waals surface area (Å²) in [5.74, 6) is 0. The molecule has 0 aliphatic carbocycles. The van der Waals surface area contributed by atoms with Crippen LogP contribution in [0.3, 0.4) is 0 Å². The molecule has 0 spiro atoms. The molecule has 0 aliphatic heterocycles. The van der Waals surface area contributed by atoms with Crippen LogP contribution in [0.5, 0.6) is 0 Å². The van der Waals surface area contributed by atoms with Crippen LogP contribution in [0.25, 0.3) is 65.8 Å². The normalized spacial score (nSPS) is 11.3. The van der Waals surface area contributed by atoms with Gasteiger partial charge in [-0.2, -0.15) is 0 Å². The van der Waals surface area contributed by atoms with Crippen LogP contribution < -0.4 is 0 Å². The Labute approximate surface area is 210 Å². The van der Waals surface area contributed by atoms with Gasteiger partial charge < -0.3 is 0 Å². The highest BCUT2D eigenvalue weighted by Gasteiger charge is 2.17. The molecule has 168 valence electrons. The third kappa shape index (κ3) is 3.29. The third-order valence-corrected chi connectivity index (χ3v) is 7.10. The van der Waals surface area contributed by atoms with Gasteiger partial charge in [0.1, 0.15) is 0 Å². The Bertz CT molecular complexity index is 1860. The van der Waals surface area contributed by atoms with Gasteiger partial charge in [-0.3, -0.25) is 4.98 Å². The molecule has 6 aromatic carbocycles. The standard InChI is InChI=1S/C35H23N/c1-3-12-25(13-4-1)33-29-17-9-10-18-30(29)34(26-14-5-2-6-15-26)32-23-27(19-20-31(32)33)35-28-16-8-7-11-24(28)21-22-36-35/h1-23H. The van der Waals surface area contributed by atoms with Crippen molar-refractivity contribution in [3.8, 4) is 33.5 Å². The predicted molar refractivity (Wildman–Crippen MR) is 153 cm³/mol. The molecule has 0 saturated heterocycles. The molecule has 1 heterocycles. The van der Waals surface area contributed by atoms with Crippen LogP contribution in [-0.4, -0.2) is 4.98 Å². The van der Waals surface area contributed by atoms with Crippen LogP contribution in [0.4, 0.5) is 0 Å². The number of pyridine rings is 1. The van der Waals surface area contributed by atoms with Gasteiger partial charge in [-0.05, 0) is 61.3 Å². The smallest absolute Gasteiger partial charge is 0.0780 e. The van der Waals surface area contributed by atoms with Gasteiger partial charge in [0.05, 0.1) is 5.69 Å². The molecule has 0 unspecified atom stereocenters.